The SMILES string of the molecule is Cc1c(S(=O)(=O)c2ccccc2C(C)C)cc(N)c2ncccc12. The molecule has 24 heavy (non-hydrogen) atoms. The molecule has 0 aliphatic heterocycles. The minimum atomic E-state index is -3.67. The van der Waals surface area contributed by atoms with Crippen molar-refractivity contribution in [2.24, 2.45) is 0 Å². The fraction of sp³-hybridized carbons (Fsp3) is 0.211. The Morgan fingerprint density at radius 2 is 1.75 bits per heavy atom. The van der Waals surface area contributed by atoms with Gasteiger partial charge in [0.1, 0.15) is 0 Å². The van der Waals surface area contributed by atoms with Crippen LogP contribution >= 0.6 is 0 Å². The Labute approximate surface area is 142 Å². The molecule has 0 saturated heterocycles. The number of nitrogen functional groups attached to an aromatic ring is 1. The smallest absolute Gasteiger partial charge is 0.207 e. The lowest BCUT2D eigenvalue weighted by molar-refractivity contribution is 0.593. The molecule has 1 heterocycles. The van der Waals surface area contributed by atoms with E-state index < -0.39 is 9.84 Å². The number of aryl methyl sites for hydroxylation is 1. The number of anilines is 1. The second-order valence-corrected chi connectivity index (χ2v) is 8.07. The summed E-state index contributed by atoms with van der Waals surface area (Å²) in [4.78, 5) is 4.85. The number of sulfone groups is 1. The molecule has 0 aliphatic carbocycles. The van der Waals surface area contributed by atoms with E-state index in [1.165, 1.54) is 6.07 Å². The lowest BCUT2D eigenvalue weighted by Crippen LogP contribution is -2.09. The summed E-state index contributed by atoms with van der Waals surface area (Å²) in [5, 5.41) is 0.762. The largest absolute Gasteiger partial charge is 0.397 e. The maximum absolute atomic E-state index is 13.3. The highest BCUT2D eigenvalue weighted by molar-refractivity contribution is 7.91. The van der Waals surface area contributed by atoms with Crippen molar-refractivity contribution < 1.29 is 8.42 Å². The molecule has 2 N–H and O–H groups in total. The topological polar surface area (TPSA) is 73.0 Å². The van der Waals surface area contributed by atoms with Gasteiger partial charge in [-0.2, -0.15) is 0 Å². The van der Waals surface area contributed by atoms with Crippen molar-refractivity contribution in [2.45, 2.75) is 36.5 Å². The first-order chi connectivity index (χ1) is 11.3. The van der Waals surface area contributed by atoms with Crippen LogP contribution in [0, 0.1) is 6.92 Å². The lowest BCUT2D eigenvalue weighted by atomic mass is 10.0. The number of aromatic nitrogens is 1. The summed E-state index contributed by atoms with van der Waals surface area (Å²) in [5.41, 5.74) is 8.55. The van der Waals surface area contributed by atoms with E-state index in [2.05, 4.69) is 4.98 Å². The Balaban J connectivity index is 2.33. The van der Waals surface area contributed by atoms with Gasteiger partial charge < -0.3 is 5.73 Å². The number of rotatable bonds is 3. The standard InChI is InChI=1S/C19H20N2O2S/c1-12(2)14-7-4-5-9-17(14)24(22,23)18-11-16(20)19-15(13(18)3)8-6-10-21-19/h4-12H,20H2,1-3H3. The number of benzene rings is 2. The molecule has 0 saturated carbocycles. The molecule has 0 unspecified atom stereocenters. The third-order valence-corrected chi connectivity index (χ3v) is 6.22. The van der Waals surface area contributed by atoms with Gasteiger partial charge in [-0.25, -0.2) is 8.42 Å². The molecule has 0 spiro atoms. The zero-order valence-electron chi connectivity index (χ0n) is 13.9. The molecule has 124 valence electrons. The molecule has 0 bridgehead atoms. The normalized spacial score (nSPS) is 12.0. The number of nitrogens with two attached hydrogens (primary N) is 1. The molecule has 1 aromatic heterocycles. The second kappa shape index (κ2) is 5.91. The summed E-state index contributed by atoms with van der Waals surface area (Å²) >= 11 is 0. The van der Waals surface area contributed by atoms with Gasteiger partial charge in [0, 0.05) is 11.6 Å². The monoisotopic (exact) mass is 340 g/mol. The highest BCUT2D eigenvalue weighted by Gasteiger charge is 2.25. The molecular weight excluding hydrogens is 320 g/mol. The zero-order valence-corrected chi connectivity index (χ0v) is 14.8. The first-order valence-corrected chi connectivity index (χ1v) is 9.30. The maximum atomic E-state index is 13.3. The van der Waals surface area contributed by atoms with Crippen LogP contribution in [0.3, 0.4) is 0 Å². The van der Waals surface area contributed by atoms with E-state index >= 15 is 0 Å². The van der Waals surface area contributed by atoms with Crippen molar-refractivity contribution in [2.75, 3.05) is 5.73 Å². The van der Waals surface area contributed by atoms with Crippen LogP contribution in [0.4, 0.5) is 5.69 Å². The fourth-order valence-corrected chi connectivity index (χ4v) is 4.89. The van der Waals surface area contributed by atoms with Gasteiger partial charge in [-0.15, -0.1) is 0 Å². The van der Waals surface area contributed by atoms with Gasteiger partial charge in [0.15, 0.2) is 0 Å². The summed E-state index contributed by atoms with van der Waals surface area (Å²) < 4.78 is 26.6. The number of fused-ring (bicyclic) bond motifs is 1. The van der Waals surface area contributed by atoms with Gasteiger partial charge >= 0.3 is 0 Å². The molecule has 2 aromatic carbocycles. The highest BCUT2D eigenvalue weighted by Crippen LogP contribution is 2.34. The molecule has 0 radical (unpaired) electrons. The number of hydrogen-bond acceptors (Lipinski definition) is 4. The summed E-state index contributed by atoms with van der Waals surface area (Å²) in [6.07, 6.45) is 1.65. The molecule has 4 nitrogen and oxygen atoms in total. The molecule has 0 aliphatic rings. The number of hydrogen-bond donors (Lipinski definition) is 1. The molecule has 5 heteroatoms. The average Bonchev–Trinajstić information content (AvgIpc) is 2.58. The predicted molar refractivity (Wildman–Crippen MR) is 96.9 cm³/mol. The summed E-state index contributed by atoms with van der Waals surface area (Å²) in [5.74, 6) is 0.107. The van der Waals surface area contributed by atoms with Gasteiger partial charge in [-0.3, -0.25) is 4.98 Å². The van der Waals surface area contributed by atoms with Gasteiger partial charge in [0.05, 0.1) is 21.0 Å². The Hall–Kier alpha value is -2.40. The van der Waals surface area contributed by atoms with Crippen molar-refractivity contribution in [1.82, 2.24) is 4.98 Å². The molecular formula is C19H20N2O2S. The lowest BCUT2D eigenvalue weighted by Gasteiger charge is -2.16. The van der Waals surface area contributed by atoms with Gasteiger partial charge in [-0.05, 0) is 42.2 Å². The van der Waals surface area contributed by atoms with E-state index in [0.717, 1.165) is 10.9 Å². The van der Waals surface area contributed by atoms with E-state index in [-0.39, 0.29) is 10.8 Å². The van der Waals surface area contributed by atoms with Crippen LogP contribution in [0.15, 0.2) is 58.5 Å². The van der Waals surface area contributed by atoms with E-state index in [4.69, 9.17) is 5.73 Å². The van der Waals surface area contributed by atoms with Crippen LogP contribution in [-0.2, 0) is 9.84 Å². The van der Waals surface area contributed by atoms with E-state index in [9.17, 15) is 8.42 Å². The van der Waals surface area contributed by atoms with Crippen molar-refractivity contribution in [3.05, 3.63) is 59.8 Å². The number of nitrogens with zero attached hydrogens (tertiary/aromatic N) is 1. The first kappa shape index (κ1) is 16.5. The summed E-state index contributed by atoms with van der Waals surface area (Å²) in [6, 6.07) is 12.3. The summed E-state index contributed by atoms with van der Waals surface area (Å²) in [7, 11) is -3.67. The van der Waals surface area contributed by atoms with E-state index in [1.807, 2.05) is 32.0 Å². The van der Waals surface area contributed by atoms with Crippen LogP contribution in [0.1, 0.15) is 30.9 Å². The zero-order chi connectivity index (χ0) is 17.5. The van der Waals surface area contributed by atoms with Gasteiger partial charge in [0.2, 0.25) is 9.84 Å². The van der Waals surface area contributed by atoms with Crippen molar-refractivity contribution >= 4 is 26.4 Å². The third-order valence-electron chi connectivity index (χ3n) is 4.26. The van der Waals surface area contributed by atoms with Crippen LogP contribution < -0.4 is 5.73 Å². The molecule has 0 atom stereocenters. The van der Waals surface area contributed by atoms with Gasteiger partial charge in [0.25, 0.3) is 0 Å². The Kier molecular flexibility index (Phi) is 4.05. The number of pyridine rings is 1. The summed E-state index contributed by atoms with van der Waals surface area (Å²) in [6.45, 7) is 5.77. The van der Waals surface area contributed by atoms with Crippen molar-refractivity contribution in [3.8, 4) is 0 Å². The quantitative estimate of drug-likeness (QED) is 0.729. The molecule has 3 rings (SSSR count). The van der Waals surface area contributed by atoms with Crippen LogP contribution in [-0.4, -0.2) is 13.4 Å². The average molecular weight is 340 g/mol. The molecule has 3 aromatic rings. The predicted octanol–water partition coefficient (Wildman–Crippen LogP) is 4.08. The van der Waals surface area contributed by atoms with Crippen LogP contribution in [0.25, 0.3) is 10.9 Å². The minimum Gasteiger partial charge on any atom is -0.397 e. The third kappa shape index (κ3) is 2.55. The maximum Gasteiger partial charge on any atom is 0.207 e. The highest BCUT2D eigenvalue weighted by atomic mass is 32.2. The first-order valence-electron chi connectivity index (χ1n) is 7.82. The van der Waals surface area contributed by atoms with Crippen molar-refractivity contribution in [3.63, 3.8) is 0 Å². The Bertz CT molecular complexity index is 1020. The van der Waals surface area contributed by atoms with Crippen LogP contribution in [0.2, 0.25) is 0 Å². The van der Waals surface area contributed by atoms with Crippen molar-refractivity contribution in [1.29, 1.82) is 0 Å². The van der Waals surface area contributed by atoms with Gasteiger partial charge in [-0.1, -0.05) is 38.1 Å². The van der Waals surface area contributed by atoms with Crippen LogP contribution in [0.5, 0.6) is 0 Å². The Morgan fingerprint density at radius 3 is 2.46 bits per heavy atom. The fourth-order valence-electron chi connectivity index (χ4n) is 2.99. The van der Waals surface area contributed by atoms with E-state index in [1.54, 1.807) is 31.3 Å². The molecule has 0 fully saturated rings. The molecule has 0 amide bonds. The second-order valence-electron chi connectivity index (χ2n) is 6.18. The Morgan fingerprint density at radius 1 is 1.04 bits per heavy atom. The van der Waals surface area contributed by atoms with E-state index in [0.29, 0.717) is 21.7 Å². The minimum absolute atomic E-state index is 0.107.